The Labute approximate surface area is 351 Å². The van der Waals surface area contributed by atoms with Crippen LogP contribution >= 0.6 is 11.6 Å². The number of aryl methyl sites for hydroxylation is 1. The third kappa shape index (κ3) is 8.15. The van der Waals surface area contributed by atoms with Crippen molar-refractivity contribution in [3.8, 4) is 22.5 Å². The van der Waals surface area contributed by atoms with E-state index in [0.717, 1.165) is 82.6 Å². The summed E-state index contributed by atoms with van der Waals surface area (Å²) in [5, 5.41) is 14.3. The SMILES string of the molecule is CCCCc1nc(Cl)c(/C=C(\CC2CCCC2)C(=O)OC)n1Cc1ccc(-c2ccccc2-c2nnnn2C(c2ccccc2)(c2ccccc2)c2ccccc2)cc1. The second kappa shape index (κ2) is 18.2. The van der Waals surface area contributed by atoms with Gasteiger partial charge in [0.25, 0.3) is 0 Å². The van der Waals surface area contributed by atoms with Crippen molar-refractivity contribution < 1.29 is 9.53 Å². The van der Waals surface area contributed by atoms with E-state index in [1.807, 2.05) is 35.0 Å². The van der Waals surface area contributed by atoms with Gasteiger partial charge in [0.1, 0.15) is 11.4 Å². The number of tetrazole rings is 1. The van der Waals surface area contributed by atoms with E-state index in [1.54, 1.807) is 0 Å². The molecule has 0 atom stereocenters. The van der Waals surface area contributed by atoms with E-state index in [0.29, 0.717) is 35.4 Å². The van der Waals surface area contributed by atoms with Crippen molar-refractivity contribution in [2.24, 2.45) is 5.92 Å². The Balaban J connectivity index is 1.18. The molecule has 0 radical (unpaired) electrons. The molecule has 1 saturated carbocycles. The van der Waals surface area contributed by atoms with Crippen LogP contribution in [-0.4, -0.2) is 42.8 Å². The molecule has 0 saturated heterocycles. The molecule has 2 aromatic heterocycles. The highest BCUT2D eigenvalue weighted by Crippen LogP contribution is 2.43. The number of aromatic nitrogens is 6. The summed E-state index contributed by atoms with van der Waals surface area (Å²) in [6, 6.07) is 48.3. The number of ether oxygens (including phenoxy) is 1. The standard InChI is InChI=1S/C50H49ClN6O2/c1-3-4-28-46-52-47(51)45(34-39(49(58)59-2)33-36-18-14-15-19-36)56(46)35-37-29-31-38(32-30-37)43-26-16-17-27-44(43)48-53-54-55-57(48)50(40-20-8-5-9-21-40,41-22-10-6-11-23-41)42-24-12-7-13-25-42/h5-13,16-17,20-27,29-32,34,36H,3-4,14-15,18-19,28,33,35H2,1-2H3/b39-34+. The Bertz CT molecular complexity index is 2410. The summed E-state index contributed by atoms with van der Waals surface area (Å²) in [4.78, 5) is 17.9. The fourth-order valence-electron chi connectivity index (χ4n) is 8.73. The van der Waals surface area contributed by atoms with Crippen LogP contribution < -0.4 is 0 Å². The third-order valence-electron chi connectivity index (χ3n) is 11.7. The van der Waals surface area contributed by atoms with Crippen molar-refractivity contribution in [3.63, 3.8) is 0 Å². The molecule has 1 fully saturated rings. The summed E-state index contributed by atoms with van der Waals surface area (Å²) in [7, 11) is 1.45. The summed E-state index contributed by atoms with van der Waals surface area (Å²) < 4.78 is 9.40. The lowest BCUT2D eigenvalue weighted by molar-refractivity contribution is -0.136. The second-order valence-electron chi connectivity index (χ2n) is 15.4. The number of unbranched alkanes of at least 4 members (excludes halogenated alkanes) is 1. The predicted octanol–water partition coefficient (Wildman–Crippen LogP) is 11.2. The summed E-state index contributed by atoms with van der Waals surface area (Å²) >= 11 is 6.89. The van der Waals surface area contributed by atoms with Crippen molar-refractivity contribution in [1.29, 1.82) is 0 Å². The van der Waals surface area contributed by atoms with Gasteiger partial charge in [-0.15, -0.1) is 5.10 Å². The quantitative estimate of drug-likeness (QED) is 0.0583. The molecule has 5 aromatic carbocycles. The molecule has 2 heterocycles. The molecule has 1 aliphatic rings. The minimum atomic E-state index is -0.877. The first-order valence-corrected chi connectivity index (χ1v) is 21.1. The molecule has 298 valence electrons. The smallest absolute Gasteiger partial charge is 0.333 e. The normalized spacial score (nSPS) is 13.5. The Morgan fingerprint density at radius 3 is 1.95 bits per heavy atom. The van der Waals surface area contributed by atoms with Crippen molar-refractivity contribution in [2.75, 3.05) is 7.11 Å². The maximum atomic E-state index is 13.1. The molecule has 0 amide bonds. The van der Waals surface area contributed by atoms with E-state index in [9.17, 15) is 4.79 Å². The van der Waals surface area contributed by atoms with E-state index >= 15 is 0 Å². The molecule has 9 heteroatoms. The highest BCUT2D eigenvalue weighted by molar-refractivity contribution is 6.31. The summed E-state index contributed by atoms with van der Waals surface area (Å²) in [6.45, 7) is 2.73. The Kier molecular flexibility index (Phi) is 12.3. The average Bonchev–Trinajstić information content (AvgIpc) is 4.06. The number of hydrogen-bond donors (Lipinski definition) is 0. The molecule has 0 bridgehead atoms. The molecule has 1 aliphatic carbocycles. The van der Waals surface area contributed by atoms with Crippen LogP contribution in [0, 0.1) is 5.92 Å². The monoisotopic (exact) mass is 800 g/mol. The van der Waals surface area contributed by atoms with Crippen LogP contribution in [0.3, 0.4) is 0 Å². The number of halogens is 1. The number of rotatable bonds is 15. The number of imidazole rings is 1. The average molecular weight is 801 g/mol. The van der Waals surface area contributed by atoms with Gasteiger partial charge in [0.2, 0.25) is 0 Å². The highest BCUT2D eigenvalue weighted by atomic mass is 35.5. The minimum Gasteiger partial charge on any atom is -0.466 e. The van der Waals surface area contributed by atoms with Crippen LogP contribution in [0.15, 0.2) is 145 Å². The molecule has 0 aliphatic heterocycles. The molecule has 0 unspecified atom stereocenters. The summed E-state index contributed by atoms with van der Waals surface area (Å²) in [5.74, 6) is 1.72. The molecule has 59 heavy (non-hydrogen) atoms. The van der Waals surface area contributed by atoms with Gasteiger partial charge >= 0.3 is 5.97 Å². The Morgan fingerprint density at radius 2 is 1.37 bits per heavy atom. The van der Waals surface area contributed by atoms with Gasteiger partial charge in [-0.3, -0.25) is 0 Å². The van der Waals surface area contributed by atoms with Gasteiger partial charge in [0.15, 0.2) is 11.0 Å². The summed E-state index contributed by atoms with van der Waals surface area (Å²) in [5.41, 5.74) is 7.67. The lowest BCUT2D eigenvalue weighted by Gasteiger charge is -2.36. The van der Waals surface area contributed by atoms with Crippen LogP contribution in [0.1, 0.15) is 85.6 Å². The maximum Gasteiger partial charge on any atom is 0.333 e. The van der Waals surface area contributed by atoms with Crippen LogP contribution in [-0.2, 0) is 28.0 Å². The van der Waals surface area contributed by atoms with Crippen LogP contribution in [0.25, 0.3) is 28.6 Å². The van der Waals surface area contributed by atoms with E-state index in [-0.39, 0.29) is 5.97 Å². The molecular formula is C50H49ClN6O2. The van der Waals surface area contributed by atoms with Crippen LogP contribution in [0.4, 0.5) is 0 Å². The van der Waals surface area contributed by atoms with Crippen molar-refractivity contribution in [3.05, 3.63) is 184 Å². The van der Waals surface area contributed by atoms with Gasteiger partial charge in [0, 0.05) is 24.1 Å². The topological polar surface area (TPSA) is 87.7 Å². The van der Waals surface area contributed by atoms with Gasteiger partial charge < -0.3 is 9.30 Å². The van der Waals surface area contributed by atoms with E-state index in [2.05, 4.69) is 132 Å². The molecule has 8 rings (SSSR count). The number of nitrogens with zero attached hydrogens (tertiary/aromatic N) is 6. The lowest BCUT2D eigenvalue weighted by atomic mass is 9.77. The first-order chi connectivity index (χ1) is 29.0. The molecular weight excluding hydrogens is 752 g/mol. The van der Waals surface area contributed by atoms with Gasteiger partial charge in [-0.2, -0.15) is 0 Å². The molecule has 8 nitrogen and oxygen atoms in total. The number of carbonyl (C=O) groups excluding carboxylic acids is 1. The van der Waals surface area contributed by atoms with Gasteiger partial charge in [-0.25, -0.2) is 14.5 Å². The first kappa shape index (κ1) is 39.7. The first-order valence-electron chi connectivity index (χ1n) is 20.7. The Morgan fingerprint density at radius 1 is 0.797 bits per heavy atom. The number of hydrogen-bond acceptors (Lipinski definition) is 6. The molecule has 0 spiro atoms. The number of methoxy groups -OCH3 is 1. The molecule has 7 aromatic rings. The number of esters is 1. The Hall–Kier alpha value is -6.12. The number of carbonyl (C=O) groups is 1. The van der Waals surface area contributed by atoms with Gasteiger partial charge in [-0.1, -0.05) is 190 Å². The predicted molar refractivity (Wildman–Crippen MR) is 235 cm³/mol. The zero-order valence-corrected chi connectivity index (χ0v) is 34.4. The van der Waals surface area contributed by atoms with Crippen LogP contribution in [0.5, 0.6) is 0 Å². The van der Waals surface area contributed by atoms with E-state index in [1.165, 1.54) is 20.0 Å². The number of benzene rings is 5. The molecule has 0 N–H and O–H groups in total. The largest absolute Gasteiger partial charge is 0.466 e. The van der Waals surface area contributed by atoms with E-state index in [4.69, 9.17) is 31.6 Å². The van der Waals surface area contributed by atoms with Gasteiger partial charge in [0.05, 0.1) is 12.8 Å². The van der Waals surface area contributed by atoms with Gasteiger partial charge in [-0.05, 0) is 68.6 Å². The zero-order chi connectivity index (χ0) is 40.6. The van der Waals surface area contributed by atoms with Crippen molar-refractivity contribution in [2.45, 2.75) is 70.4 Å². The summed E-state index contributed by atoms with van der Waals surface area (Å²) in [6.07, 6.45) is 10.1. The van der Waals surface area contributed by atoms with E-state index < -0.39 is 5.54 Å². The maximum absolute atomic E-state index is 13.1. The van der Waals surface area contributed by atoms with Crippen molar-refractivity contribution >= 4 is 23.6 Å². The lowest BCUT2D eigenvalue weighted by Crippen LogP contribution is -2.39. The minimum absolute atomic E-state index is 0.307. The second-order valence-corrected chi connectivity index (χ2v) is 15.7. The zero-order valence-electron chi connectivity index (χ0n) is 33.7. The van der Waals surface area contributed by atoms with Crippen molar-refractivity contribution in [1.82, 2.24) is 29.8 Å². The highest BCUT2D eigenvalue weighted by Gasteiger charge is 2.42. The fraction of sp³-hybridized carbons (Fsp3) is 0.260. The third-order valence-corrected chi connectivity index (χ3v) is 12.0. The fourth-order valence-corrected chi connectivity index (χ4v) is 8.99. The van der Waals surface area contributed by atoms with Crippen LogP contribution in [0.2, 0.25) is 5.15 Å².